The van der Waals surface area contributed by atoms with Gasteiger partial charge >= 0.3 is 5.97 Å². The van der Waals surface area contributed by atoms with E-state index in [0.29, 0.717) is 54.5 Å². The number of hydrogen-bond donors (Lipinski definition) is 0. The second-order valence-corrected chi connectivity index (χ2v) is 7.89. The average molecular weight is 473 g/mol. The van der Waals surface area contributed by atoms with Crippen LogP contribution >= 0.6 is 0 Å². The first kappa shape index (κ1) is 22.3. The molecule has 11 nitrogen and oxygen atoms in total. The molecule has 1 aliphatic heterocycles. The molecule has 1 fully saturated rings. The predicted molar refractivity (Wildman–Crippen MR) is 127 cm³/mol. The van der Waals surface area contributed by atoms with Crippen LogP contribution in [-0.2, 0) is 4.74 Å². The summed E-state index contributed by atoms with van der Waals surface area (Å²) in [6, 6.07) is 14.2. The molecule has 1 saturated heterocycles. The molecular weight excluding hydrogens is 450 g/mol. The summed E-state index contributed by atoms with van der Waals surface area (Å²) in [5.41, 5.74) is 2.52. The molecule has 0 spiro atoms. The Hall–Kier alpha value is -4.54. The molecular formula is C24H23N7O4. The highest BCUT2D eigenvalue weighted by atomic mass is 16.5. The summed E-state index contributed by atoms with van der Waals surface area (Å²) < 4.78 is 11.8. The van der Waals surface area contributed by atoms with E-state index in [-0.39, 0.29) is 11.5 Å². The zero-order valence-corrected chi connectivity index (χ0v) is 19.3. The van der Waals surface area contributed by atoms with Crippen LogP contribution in [-0.4, -0.2) is 82.1 Å². The van der Waals surface area contributed by atoms with Gasteiger partial charge in [-0.15, -0.1) is 5.10 Å². The van der Waals surface area contributed by atoms with Crippen LogP contribution in [0.15, 0.2) is 54.9 Å². The lowest BCUT2D eigenvalue weighted by Crippen LogP contribution is -2.49. The summed E-state index contributed by atoms with van der Waals surface area (Å²) in [5.74, 6) is 0.624. The molecule has 0 saturated carbocycles. The van der Waals surface area contributed by atoms with Gasteiger partial charge in [0, 0.05) is 32.2 Å². The Morgan fingerprint density at radius 3 is 2.43 bits per heavy atom. The Morgan fingerprint density at radius 1 is 0.914 bits per heavy atom. The van der Waals surface area contributed by atoms with Gasteiger partial charge in [0.25, 0.3) is 5.91 Å². The number of carbonyl (C=O) groups is 2. The summed E-state index contributed by atoms with van der Waals surface area (Å²) >= 11 is 0. The van der Waals surface area contributed by atoms with Gasteiger partial charge in [-0.05, 0) is 24.3 Å². The number of esters is 1. The molecule has 0 N–H and O–H groups in total. The quantitative estimate of drug-likeness (QED) is 0.401. The maximum absolute atomic E-state index is 13.1. The topological polar surface area (TPSA) is 116 Å². The van der Waals surface area contributed by atoms with Crippen molar-refractivity contribution in [3.8, 4) is 11.4 Å². The fraction of sp³-hybridized carbons (Fsp3) is 0.250. The van der Waals surface area contributed by atoms with E-state index in [1.54, 1.807) is 41.0 Å². The minimum absolute atomic E-state index is 0.206. The Kier molecular flexibility index (Phi) is 5.96. The standard InChI is InChI=1S/C24H23N7O4/c1-34-17-7-5-6-16(14-17)31-22-20(27-28-31)21(25-15-26-22)29-10-12-30(13-11-29)23(32)18-8-3-4-9-19(18)24(33)35-2/h3-9,14-15H,10-13H2,1-2H3. The second kappa shape index (κ2) is 9.37. The van der Waals surface area contributed by atoms with Crippen molar-refractivity contribution >= 4 is 28.9 Å². The van der Waals surface area contributed by atoms with Crippen LogP contribution in [0.4, 0.5) is 5.82 Å². The molecule has 0 radical (unpaired) electrons. The van der Waals surface area contributed by atoms with Gasteiger partial charge in [0.1, 0.15) is 12.1 Å². The molecule has 0 unspecified atom stereocenters. The number of methoxy groups -OCH3 is 2. The highest BCUT2D eigenvalue weighted by molar-refractivity contribution is 6.05. The molecule has 178 valence electrons. The maximum Gasteiger partial charge on any atom is 0.338 e. The molecule has 0 atom stereocenters. The zero-order chi connectivity index (χ0) is 24.4. The summed E-state index contributed by atoms with van der Waals surface area (Å²) in [5, 5.41) is 8.63. The highest BCUT2D eigenvalue weighted by Crippen LogP contribution is 2.25. The number of hydrogen-bond acceptors (Lipinski definition) is 9. The second-order valence-electron chi connectivity index (χ2n) is 7.89. The molecule has 2 aromatic heterocycles. The van der Waals surface area contributed by atoms with Crippen LogP contribution in [0.25, 0.3) is 16.9 Å². The van der Waals surface area contributed by atoms with Crippen molar-refractivity contribution in [1.29, 1.82) is 0 Å². The Labute approximate surface area is 200 Å². The molecule has 0 aliphatic carbocycles. The number of carbonyl (C=O) groups excluding carboxylic acids is 2. The number of piperazine rings is 1. The summed E-state index contributed by atoms with van der Waals surface area (Å²) in [7, 11) is 2.91. The van der Waals surface area contributed by atoms with E-state index in [1.165, 1.54) is 13.4 Å². The van der Waals surface area contributed by atoms with Crippen LogP contribution in [0.1, 0.15) is 20.7 Å². The van der Waals surface area contributed by atoms with Gasteiger partial charge in [-0.3, -0.25) is 4.79 Å². The number of ether oxygens (including phenoxy) is 2. The van der Waals surface area contributed by atoms with E-state index in [1.807, 2.05) is 24.3 Å². The van der Waals surface area contributed by atoms with Gasteiger partial charge < -0.3 is 19.3 Å². The molecule has 1 amide bonds. The van der Waals surface area contributed by atoms with Crippen LogP contribution in [0.3, 0.4) is 0 Å². The number of nitrogens with zero attached hydrogens (tertiary/aromatic N) is 7. The molecule has 1 aliphatic rings. The van der Waals surface area contributed by atoms with Gasteiger partial charge in [0.15, 0.2) is 17.0 Å². The lowest BCUT2D eigenvalue weighted by Gasteiger charge is -2.35. The van der Waals surface area contributed by atoms with E-state index in [9.17, 15) is 9.59 Å². The first-order chi connectivity index (χ1) is 17.1. The third-order valence-electron chi connectivity index (χ3n) is 5.95. The molecule has 11 heteroatoms. The van der Waals surface area contributed by atoms with Crippen LogP contribution in [0.2, 0.25) is 0 Å². The summed E-state index contributed by atoms with van der Waals surface area (Å²) in [6.45, 7) is 2.02. The van der Waals surface area contributed by atoms with Gasteiger partial charge in [0.2, 0.25) is 0 Å². The molecule has 4 aromatic rings. The Balaban J connectivity index is 1.36. The van der Waals surface area contributed by atoms with Crippen LogP contribution in [0.5, 0.6) is 5.75 Å². The normalized spacial score (nSPS) is 13.7. The first-order valence-corrected chi connectivity index (χ1v) is 11.0. The monoisotopic (exact) mass is 473 g/mol. The predicted octanol–water partition coefficient (Wildman–Crippen LogP) is 1.97. The van der Waals surface area contributed by atoms with Crippen molar-refractivity contribution in [2.24, 2.45) is 0 Å². The van der Waals surface area contributed by atoms with Gasteiger partial charge in [-0.1, -0.05) is 23.4 Å². The smallest absolute Gasteiger partial charge is 0.338 e. The number of aromatic nitrogens is 5. The van der Waals surface area contributed by atoms with Gasteiger partial charge in [-0.2, -0.15) is 4.68 Å². The van der Waals surface area contributed by atoms with Gasteiger partial charge in [-0.25, -0.2) is 14.8 Å². The number of fused-ring (bicyclic) bond motifs is 1. The van der Waals surface area contributed by atoms with Crippen molar-refractivity contribution in [3.63, 3.8) is 0 Å². The SMILES string of the molecule is COC(=O)c1ccccc1C(=O)N1CCN(c2ncnc3c2nnn3-c2cccc(OC)c2)CC1. The van der Waals surface area contributed by atoms with Crippen molar-refractivity contribution in [1.82, 2.24) is 29.9 Å². The average Bonchev–Trinajstić information content (AvgIpc) is 3.37. The number of amides is 1. The first-order valence-electron chi connectivity index (χ1n) is 11.0. The van der Waals surface area contributed by atoms with E-state index in [4.69, 9.17) is 9.47 Å². The summed E-state index contributed by atoms with van der Waals surface area (Å²) in [6.07, 6.45) is 1.49. The van der Waals surface area contributed by atoms with Crippen molar-refractivity contribution in [3.05, 3.63) is 66.0 Å². The lowest BCUT2D eigenvalue weighted by atomic mass is 10.1. The van der Waals surface area contributed by atoms with Crippen LogP contribution in [0, 0.1) is 0 Å². The Bertz CT molecular complexity index is 1400. The number of rotatable bonds is 5. The molecule has 5 rings (SSSR count). The fourth-order valence-corrected chi connectivity index (χ4v) is 4.13. The highest BCUT2D eigenvalue weighted by Gasteiger charge is 2.27. The Morgan fingerprint density at radius 2 is 1.69 bits per heavy atom. The molecule has 2 aromatic carbocycles. The van der Waals surface area contributed by atoms with Crippen molar-refractivity contribution < 1.29 is 19.1 Å². The van der Waals surface area contributed by atoms with Crippen molar-refractivity contribution in [2.45, 2.75) is 0 Å². The van der Waals surface area contributed by atoms with E-state index >= 15 is 0 Å². The van der Waals surface area contributed by atoms with E-state index in [0.717, 1.165) is 5.69 Å². The third-order valence-corrected chi connectivity index (χ3v) is 5.95. The van der Waals surface area contributed by atoms with Crippen LogP contribution < -0.4 is 9.64 Å². The summed E-state index contributed by atoms with van der Waals surface area (Å²) in [4.78, 5) is 37.9. The molecule has 0 bridgehead atoms. The minimum atomic E-state index is -0.532. The maximum atomic E-state index is 13.1. The zero-order valence-electron chi connectivity index (χ0n) is 19.3. The van der Waals surface area contributed by atoms with Crippen molar-refractivity contribution in [2.75, 3.05) is 45.3 Å². The van der Waals surface area contributed by atoms with E-state index in [2.05, 4.69) is 25.2 Å². The van der Waals surface area contributed by atoms with E-state index < -0.39 is 5.97 Å². The largest absolute Gasteiger partial charge is 0.497 e. The minimum Gasteiger partial charge on any atom is -0.497 e. The molecule has 35 heavy (non-hydrogen) atoms. The third kappa shape index (κ3) is 4.12. The molecule has 3 heterocycles. The number of benzene rings is 2. The fourth-order valence-electron chi connectivity index (χ4n) is 4.13. The lowest BCUT2D eigenvalue weighted by molar-refractivity contribution is 0.0589. The van der Waals surface area contributed by atoms with Gasteiger partial charge in [0.05, 0.1) is 31.0 Å². The number of anilines is 1.